The minimum absolute atomic E-state index is 0.0290. The zero-order chi connectivity index (χ0) is 29.0. The summed E-state index contributed by atoms with van der Waals surface area (Å²) in [4.78, 5) is 17.1. The normalized spacial score (nSPS) is 10.9. The van der Waals surface area contributed by atoms with Gasteiger partial charge in [0.2, 0.25) is 0 Å². The molecule has 0 saturated heterocycles. The van der Waals surface area contributed by atoms with Gasteiger partial charge < -0.3 is 24.1 Å². The molecular formula is C34H41N3O4. The van der Waals surface area contributed by atoms with E-state index in [1.54, 1.807) is 7.11 Å². The number of para-hydroxylation sites is 2. The molecule has 0 atom stereocenters. The summed E-state index contributed by atoms with van der Waals surface area (Å²) in [6.07, 6.45) is 6.40. The molecule has 1 amide bonds. The minimum Gasteiger partial charge on any atom is -0.493 e. The van der Waals surface area contributed by atoms with E-state index < -0.39 is 0 Å². The molecule has 0 aliphatic carbocycles. The molecule has 1 N–H and O–H groups in total. The highest BCUT2D eigenvalue weighted by Crippen LogP contribution is 2.28. The van der Waals surface area contributed by atoms with Gasteiger partial charge in [0.15, 0.2) is 18.1 Å². The van der Waals surface area contributed by atoms with Gasteiger partial charge in [0.05, 0.1) is 24.7 Å². The van der Waals surface area contributed by atoms with Gasteiger partial charge in [0, 0.05) is 13.0 Å². The van der Waals surface area contributed by atoms with Crippen LogP contribution in [0, 0.1) is 13.8 Å². The molecule has 41 heavy (non-hydrogen) atoms. The highest BCUT2D eigenvalue weighted by molar-refractivity contribution is 5.77. The van der Waals surface area contributed by atoms with Crippen LogP contribution in [0.1, 0.15) is 41.8 Å². The molecule has 0 aliphatic rings. The lowest BCUT2D eigenvalue weighted by Crippen LogP contribution is -2.29. The summed E-state index contributed by atoms with van der Waals surface area (Å²) < 4.78 is 19.6. The number of allylic oxidation sites excluding steroid dienone is 1. The third kappa shape index (κ3) is 8.37. The maximum absolute atomic E-state index is 12.2. The molecule has 1 aromatic heterocycles. The first-order chi connectivity index (χ1) is 20.0. The van der Waals surface area contributed by atoms with Crippen LogP contribution in [0.15, 0.2) is 73.3 Å². The smallest absolute Gasteiger partial charge is 0.257 e. The molecule has 7 nitrogen and oxygen atoms in total. The van der Waals surface area contributed by atoms with Crippen LogP contribution >= 0.6 is 0 Å². The molecule has 0 saturated carbocycles. The Labute approximate surface area is 243 Å². The number of nitrogens with zero attached hydrogens (tertiary/aromatic N) is 2. The van der Waals surface area contributed by atoms with Gasteiger partial charge in [0.1, 0.15) is 18.2 Å². The first-order valence-corrected chi connectivity index (χ1v) is 14.3. The highest BCUT2D eigenvalue weighted by atomic mass is 16.5. The Balaban J connectivity index is 1.24. The molecule has 4 aromatic rings. The Hall–Kier alpha value is -4.26. The number of aryl methyl sites for hydroxylation is 3. The zero-order valence-corrected chi connectivity index (χ0v) is 24.4. The Morgan fingerprint density at radius 3 is 2.66 bits per heavy atom. The molecule has 1 heterocycles. The fourth-order valence-electron chi connectivity index (χ4n) is 4.81. The van der Waals surface area contributed by atoms with Crippen LogP contribution in [0.2, 0.25) is 0 Å². The van der Waals surface area contributed by atoms with E-state index in [9.17, 15) is 4.79 Å². The number of hydrogen-bond acceptors (Lipinski definition) is 5. The summed E-state index contributed by atoms with van der Waals surface area (Å²) in [5.41, 5.74) is 5.37. The molecule has 0 radical (unpaired) electrons. The average molecular weight is 556 g/mol. The summed E-state index contributed by atoms with van der Waals surface area (Å²) in [6.45, 7) is 9.64. The quantitative estimate of drug-likeness (QED) is 0.128. The van der Waals surface area contributed by atoms with Gasteiger partial charge in [-0.3, -0.25) is 4.79 Å². The van der Waals surface area contributed by atoms with Crippen LogP contribution in [0.5, 0.6) is 17.2 Å². The van der Waals surface area contributed by atoms with Crippen molar-refractivity contribution in [2.45, 2.75) is 52.5 Å². The van der Waals surface area contributed by atoms with E-state index in [-0.39, 0.29) is 12.5 Å². The Morgan fingerprint density at radius 1 is 0.976 bits per heavy atom. The van der Waals surface area contributed by atoms with Crippen LogP contribution < -0.4 is 19.5 Å². The minimum atomic E-state index is -0.0975. The van der Waals surface area contributed by atoms with Crippen molar-refractivity contribution in [3.05, 3.63) is 95.8 Å². The molecule has 3 aromatic carbocycles. The molecule has 216 valence electrons. The van der Waals surface area contributed by atoms with Gasteiger partial charge in [-0.15, -0.1) is 6.58 Å². The molecule has 0 aliphatic heterocycles. The van der Waals surface area contributed by atoms with E-state index in [4.69, 9.17) is 19.2 Å². The number of amides is 1. The van der Waals surface area contributed by atoms with E-state index >= 15 is 0 Å². The number of ether oxygens (including phenoxy) is 3. The van der Waals surface area contributed by atoms with Crippen molar-refractivity contribution < 1.29 is 19.0 Å². The molecule has 4 rings (SSSR count). The van der Waals surface area contributed by atoms with Crippen molar-refractivity contribution in [1.29, 1.82) is 0 Å². The van der Waals surface area contributed by atoms with Crippen molar-refractivity contribution in [2.75, 3.05) is 26.9 Å². The Kier molecular flexibility index (Phi) is 10.8. The fraction of sp³-hybridized carbons (Fsp3) is 0.353. The lowest BCUT2D eigenvalue weighted by atomic mass is 10.1. The maximum atomic E-state index is 12.2. The molecule has 7 heteroatoms. The standard InChI is InChI=1S/C34H41N3O4/c1-5-11-27-17-18-30(32(23-27)39-4)40-21-20-37-29-13-9-8-12-28(29)36-33(37)14-7-6-10-19-35-34(38)24-41-31-22-25(2)15-16-26(31)3/h5,8-9,12-13,15-18,22-23H,1,6-7,10-11,14,19-21,24H2,2-4H3,(H,35,38). The SMILES string of the molecule is C=CCc1ccc(OCCn2c(CCCCCNC(=O)COc3cc(C)ccc3C)nc3ccccc32)c(OC)c1. The molecular weight excluding hydrogens is 514 g/mol. The Bertz CT molecular complexity index is 1460. The van der Waals surface area contributed by atoms with E-state index in [0.717, 1.165) is 82.9 Å². The number of rotatable bonds is 16. The van der Waals surface area contributed by atoms with Crippen molar-refractivity contribution in [1.82, 2.24) is 14.9 Å². The summed E-state index contributed by atoms with van der Waals surface area (Å²) >= 11 is 0. The predicted octanol–water partition coefficient (Wildman–Crippen LogP) is 6.38. The topological polar surface area (TPSA) is 74.6 Å². The van der Waals surface area contributed by atoms with Crippen molar-refractivity contribution in [3.8, 4) is 17.2 Å². The van der Waals surface area contributed by atoms with E-state index in [0.29, 0.717) is 19.7 Å². The fourth-order valence-corrected chi connectivity index (χ4v) is 4.81. The number of aromatic nitrogens is 2. The third-order valence-electron chi connectivity index (χ3n) is 7.02. The van der Waals surface area contributed by atoms with Gasteiger partial charge >= 0.3 is 0 Å². The van der Waals surface area contributed by atoms with Gasteiger partial charge in [0.25, 0.3) is 5.91 Å². The lowest BCUT2D eigenvalue weighted by Gasteiger charge is -2.14. The number of fused-ring (bicyclic) bond motifs is 1. The number of unbranched alkanes of at least 4 members (excludes halogenated alkanes) is 2. The molecule has 0 unspecified atom stereocenters. The summed E-state index contributed by atoms with van der Waals surface area (Å²) in [5, 5.41) is 2.97. The van der Waals surface area contributed by atoms with Crippen LogP contribution in [0.4, 0.5) is 0 Å². The van der Waals surface area contributed by atoms with Gasteiger partial charge in [-0.05, 0) is 80.1 Å². The first-order valence-electron chi connectivity index (χ1n) is 14.3. The monoisotopic (exact) mass is 555 g/mol. The summed E-state index contributed by atoms with van der Waals surface area (Å²) in [6, 6.07) is 20.2. The van der Waals surface area contributed by atoms with Crippen LogP contribution in [0.25, 0.3) is 11.0 Å². The zero-order valence-electron chi connectivity index (χ0n) is 24.4. The average Bonchev–Trinajstić information content (AvgIpc) is 3.33. The molecule has 0 fully saturated rings. The van der Waals surface area contributed by atoms with Crippen molar-refractivity contribution in [3.63, 3.8) is 0 Å². The number of imidazole rings is 1. The predicted molar refractivity (Wildman–Crippen MR) is 164 cm³/mol. The largest absolute Gasteiger partial charge is 0.493 e. The second-order valence-electron chi connectivity index (χ2n) is 10.2. The molecule has 0 spiro atoms. The first kappa shape index (κ1) is 29.7. The van der Waals surface area contributed by atoms with Gasteiger partial charge in [-0.1, -0.05) is 42.8 Å². The number of benzene rings is 3. The van der Waals surface area contributed by atoms with Gasteiger partial charge in [-0.25, -0.2) is 4.98 Å². The molecule has 0 bridgehead atoms. The number of nitrogens with one attached hydrogen (secondary N) is 1. The highest BCUT2D eigenvalue weighted by Gasteiger charge is 2.12. The number of carbonyl (C=O) groups is 1. The van der Waals surface area contributed by atoms with Gasteiger partial charge in [-0.2, -0.15) is 0 Å². The van der Waals surface area contributed by atoms with Crippen molar-refractivity contribution in [2.24, 2.45) is 0 Å². The van der Waals surface area contributed by atoms with Crippen LogP contribution in [-0.4, -0.2) is 42.3 Å². The van der Waals surface area contributed by atoms with Crippen LogP contribution in [0.3, 0.4) is 0 Å². The van der Waals surface area contributed by atoms with E-state index in [1.165, 1.54) is 0 Å². The maximum Gasteiger partial charge on any atom is 0.257 e. The second-order valence-corrected chi connectivity index (χ2v) is 10.2. The number of carbonyl (C=O) groups excluding carboxylic acids is 1. The summed E-state index contributed by atoms with van der Waals surface area (Å²) in [7, 11) is 1.66. The third-order valence-corrected chi connectivity index (χ3v) is 7.02. The lowest BCUT2D eigenvalue weighted by molar-refractivity contribution is -0.123. The van der Waals surface area contributed by atoms with Crippen molar-refractivity contribution >= 4 is 16.9 Å². The second kappa shape index (κ2) is 14.9. The van der Waals surface area contributed by atoms with E-state index in [1.807, 2.05) is 74.5 Å². The summed E-state index contributed by atoms with van der Waals surface area (Å²) in [5.74, 6) is 3.17. The number of methoxy groups -OCH3 is 1. The van der Waals surface area contributed by atoms with E-state index in [2.05, 4.69) is 22.5 Å². The van der Waals surface area contributed by atoms with Crippen LogP contribution in [-0.2, 0) is 24.2 Å². The Morgan fingerprint density at radius 2 is 1.83 bits per heavy atom. The number of hydrogen-bond donors (Lipinski definition) is 1.